The van der Waals surface area contributed by atoms with Gasteiger partial charge in [-0.2, -0.15) is 0 Å². The van der Waals surface area contributed by atoms with Crippen LogP contribution in [0.25, 0.3) is 16.7 Å². The lowest BCUT2D eigenvalue weighted by Crippen LogP contribution is -2.15. The smallest absolute Gasteiger partial charge is 0.250 e. The predicted octanol–water partition coefficient (Wildman–Crippen LogP) is 2.38. The number of nitrogens with one attached hydrogen (secondary N) is 1. The maximum absolute atomic E-state index is 11.5. The molecule has 1 aliphatic rings. The van der Waals surface area contributed by atoms with Crippen LogP contribution in [0.1, 0.15) is 28.8 Å². The second-order valence-corrected chi connectivity index (χ2v) is 5.97. The minimum Gasteiger partial charge on any atom is -0.366 e. The fourth-order valence-corrected chi connectivity index (χ4v) is 2.77. The summed E-state index contributed by atoms with van der Waals surface area (Å²) in [5.74, 6) is -0.456. The third-order valence-electron chi connectivity index (χ3n) is 4.23. The predicted molar refractivity (Wildman–Crippen MR) is 89.4 cm³/mol. The molecular formula is C18H18N4O. The largest absolute Gasteiger partial charge is 0.366 e. The van der Waals surface area contributed by atoms with Gasteiger partial charge in [0.25, 0.3) is 5.91 Å². The van der Waals surface area contributed by atoms with E-state index in [9.17, 15) is 4.79 Å². The summed E-state index contributed by atoms with van der Waals surface area (Å²) in [6.45, 7) is 0.904. The number of imidazole rings is 1. The van der Waals surface area contributed by atoms with E-state index in [0.717, 1.165) is 17.7 Å². The normalized spacial score (nSPS) is 14.3. The van der Waals surface area contributed by atoms with Crippen LogP contribution in [-0.4, -0.2) is 21.5 Å². The van der Waals surface area contributed by atoms with E-state index in [1.54, 1.807) is 12.4 Å². The Morgan fingerprint density at radius 2 is 2.00 bits per heavy atom. The average Bonchev–Trinajstić information content (AvgIpc) is 3.30. The highest BCUT2D eigenvalue weighted by molar-refractivity contribution is 6.04. The molecule has 0 radical (unpaired) electrons. The molecule has 1 amide bonds. The van der Waals surface area contributed by atoms with Crippen LogP contribution in [0.3, 0.4) is 0 Å². The minimum atomic E-state index is -0.456. The number of rotatable bonds is 5. The number of carbonyl (C=O) groups is 1. The number of benzene rings is 2. The van der Waals surface area contributed by atoms with Crippen LogP contribution in [0.15, 0.2) is 48.8 Å². The van der Waals surface area contributed by atoms with Crippen molar-refractivity contribution in [3.63, 3.8) is 0 Å². The van der Waals surface area contributed by atoms with E-state index in [-0.39, 0.29) is 0 Å². The third-order valence-corrected chi connectivity index (χ3v) is 4.23. The molecule has 1 aliphatic carbocycles. The van der Waals surface area contributed by atoms with Gasteiger partial charge in [-0.1, -0.05) is 18.2 Å². The first-order valence-corrected chi connectivity index (χ1v) is 7.81. The monoisotopic (exact) mass is 306 g/mol. The molecule has 0 bridgehead atoms. The molecule has 1 aromatic heterocycles. The second kappa shape index (κ2) is 5.52. The molecule has 1 fully saturated rings. The fraction of sp³-hybridized carbons (Fsp3) is 0.222. The lowest BCUT2D eigenvalue weighted by atomic mass is 10.1. The summed E-state index contributed by atoms with van der Waals surface area (Å²) >= 11 is 0. The highest BCUT2D eigenvalue weighted by Gasteiger charge is 2.19. The summed E-state index contributed by atoms with van der Waals surface area (Å²) in [5.41, 5.74) is 9.67. The standard InChI is InChI=1S/C18H18N4O/c19-18(23)15-2-1-3-16-17(15)21-11-22(16)14-8-4-12(5-9-14)10-20-13-6-7-13/h1-5,8-9,11,13,20H,6-7,10H2,(H2,19,23). The number of carbonyl (C=O) groups excluding carboxylic acids is 1. The summed E-state index contributed by atoms with van der Waals surface area (Å²) in [6, 6.07) is 14.6. The van der Waals surface area contributed by atoms with Gasteiger partial charge in [0, 0.05) is 18.3 Å². The van der Waals surface area contributed by atoms with E-state index in [1.807, 2.05) is 16.7 Å². The quantitative estimate of drug-likeness (QED) is 0.760. The molecule has 1 saturated carbocycles. The van der Waals surface area contributed by atoms with E-state index in [2.05, 4.69) is 34.6 Å². The van der Waals surface area contributed by atoms with Gasteiger partial charge in [-0.15, -0.1) is 0 Å². The molecule has 1 heterocycles. The van der Waals surface area contributed by atoms with E-state index in [1.165, 1.54) is 18.4 Å². The molecule has 4 rings (SSSR count). The van der Waals surface area contributed by atoms with Crippen molar-refractivity contribution in [2.45, 2.75) is 25.4 Å². The Morgan fingerprint density at radius 1 is 1.22 bits per heavy atom. The molecular weight excluding hydrogens is 288 g/mol. The van der Waals surface area contributed by atoms with E-state index in [4.69, 9.17) is 5.73 Å². The van der Waals surface area contributed by atoms with Crippen molar-refractivity contribution >= 4 is 16.9 Å². The number of aromatic nitrogens is 2. The molecule has 0 unspecified atom stereocenters. The van der Waals surface area contributed by atoms with Gasteiger partial charge in [-0.3, -0.25) is 9.36 Å². The molecule has 2 aromatic carbocycles. The van der Waals surface area contributed by atoms with Gasteiger partial charge in [0.05, 0.1) is 11.1 Å². The van der Waals surface area contributed by atoms with Crippen molar-refractivity contribution in [1.29, 1.82) is 0 Å². The van der Waals surface area contributed by atoms with Gasteiger partial charge in [0.15, 0.2) is 0 Å². The zero-order valence-corrected chi connectivity index (χ0v) is 12.7. The van der Waals surface area contributed by atoms with Crippen molar-refractivity contribution in [3.8, 4) is 5.69 Å². The van der Waals surface area contributed by atoms with Gasteiger partial charge < -0.3 is 11.1 Å². The van der Waals surface area contributed by atoms with Gasteiger partial charge >= 0.3 is 0 Å². The number of nitrogens with zero attached hydrogens (tertiary/aromatic N) is 2. The number of para-hydroxylation sites is 1. The highest BCUT2D eigenvalue weighted by Crippen LogP contribution is 2.22. The summed E-state index contributed by atoms with van der Waals surface area (Å²) in [5, 5.41) is 3.51. The summed E-state index contributed by atoms with van der Waals surface area (Å²) in [6.07, 6.45) is 4.32. The molecule has 0 spiro atoms. The van der Waals surface area contributed by atoms with Crippen LogP contribution in [-0.2, 0) is 6.54 Å². The lowest BCUT2D eigenvalue weighted by molar-refractivity contribution is 0.100. The molecule has 5 nitrogen and oxygen atoms in total. The van der Waals surface area contributed by atoms with E-state index >= 15 is 0 Å². The van der Waals surface area contributed by atoms with E-state index in [0.29, 0.717) is 17.1 Å². The minimum absolute atomic E-state index is 0.450. The molecule has 3 N–H and O–H groups in total. The first-order chi connectivity index (χ1) is 11.2. The number of nitrogens with two attached hydrogens (primary N) is 1. The zero-order chi connectivity index (χ0) is 15.8. The SMILES string of the molecule is NC(=O)c1cccc2c1ncn2-c1ccc(CNC2CC2)cc1. The molecule has 116 valence electrons. The molecule has 23 heavy (non-hydrogen) atoms. The summed E-state index contributed by atoms with van der Waals surface area (Å²) < 4.78 is 1.97. The second-order valence-electron chi connectivity index (χ2n) is 5.97. The Balaban J connectivity index is 1.65. The van der Waals surface area contributed by atoms with Crippen LogP contribution >= 0.6 is 0 Å². The van der Waals surface area contributed by atoms with Gasteiger partial charge in [0.2, 0.25) is 0 Å². The number of fused-ring (bicyclic) bond motifs is 1. The highest BCUT2D eigenvalue weighted by atomic mass is 16.1. The van der Waals surface area contributed by atoms with Crippen LogP contribution < -0.4 is 11.1 Å². The summed E-state index contributed by atoms with van der Waals surface area (Å²) in [4.78, 5) is 15.9. The number of hydrogen-bond acceptors (Lipinski definition) is 3. The Bertz CT molecular complexity index is 862. The van der Waals surface area contributed by atoms with Gasteiger partial charge in [0.1, 0.15) is 11.8 Å². The van der Waals surface area contributed by atoms with Gasteiger partial charge in [-0.25, -0.2) is 4.98 Å². The van der Waals surface area contributed by atoms with Crippen molar-refractivity contribution in [3.05, 3.63) is 59.9 Å². The average molecular weight is 306 g/mol. The number of primary amides is 1. The Morgan fingerprint density at radius 3 is 2.70 bits per heavy atom. The van der Waals surface area contributed by atoms with Crippen LogP contribution in [0.2, 0.25) is 0 Å². The van der Waals surface area contributed by atoms with Crippen LogP contribution in [0, 0.1) is 0 Å². The first kappa shape index (κ1) is 14.0. The van der Waals surface area contributed by atoms with Crippen molar-refractivity contribution in [2.75, 3.05) is 0 Å². The fourth-order valence-electron chi connectivity index (χ4n) is 2.77. The third kappa shape index (κ3) is 2.71. The lowest BCUT2D eigenvalue weighted by Gasteiger charge is -2.07. The van der Waals surface area contributed by atoms with Crippen molar-refractivity contribution in [1.82, 2.24) is 14.9 Å². The summed E-state index contributed by atoms with van der Waals surface area (Å²) in [7, 11) is 0. The molecule has 0 atom stereocenters. The number of hydrogen-bond donors (Lipinski definition) is 2. The molecule has 5 heteroatoms. The Labute approximate surface area is 134 Å². The molecule has 0 aliphatic heterocycles. The zero-order valence-electron chi connectivity index (χ0n) is 12.7. The van der Waals surface area contributed by atoms with Crippen molar-refractivity contribution in [2.24, 2.45) is 5.73 Å². The molecule has 3 aromatic rings. The van der Waals surface area contributed by atoms with Gasteiger partial charge in [-0.05, 0) is 42.7 Å². The van der Waals surface area contributed by atoms with Crippen molar-refractivity contribution < 1.29 is 4.79 Å². The Kier molecular flexibility index (Phi) is 3.35. The molecule has 0 saturated heterocycles. The maximum Gasteiger partial charge on any atom is 0.250 e. The van der Waals surface area contributed by atoms with Crippen LogP contribution in [0.4, 0.5) is 0 Å². The number of amides is 1. The topological polar surface area (TPSA) is 72.9 Å². The van der Waals surface area contributed by atoms with Crippen LogP contribution in [0.5, 0.6) is 0 Å². The first-order valence-electron chi connectivity index (χ1n) is 7.81. The maximum atomic E-state index is 11.5. The Hall–Kier alpha value is -2.66. The van der Waals surface area contributed by atoms with E-state index < -0.39 is 5.91 Å².